The van der Waals surface area contributed by atoms with Gasteiger partial charge in [-0.25, -0.2) is 9.78 Å². The van der Waals surface area contributed by atoms with Gasteiger partial charge in [0.2, 0.25) is 5.88 Å². The van der Waals surface area contributed by atoms with Gasteiger partial charge in [0.05, 0.1) is 29.5 Å². The van der Waals surface area contributed by atoms with E-state index < -0.39 is 11.7 Å². The van der Waals surface area contributed by atoms with E-state index in [1.54, 1.807) is 42.9 Å². The van der Waals surface area contributed by atoms with Gasteiger partial charge in [-0.1, -0.05) is 6.07 Å². The van der Waals surface area contributed by atoms with Crippen molar-refractivity contribution in [3.63, 3.8) is 0 Å². The second-order valence-corrected chi connectivity index (χ2v) is 7.81. The molecule has 0 unspecified atom stereocenters. The van der Waals surface area contributed by atoms with Crippen molar-refractivity contribution < 1.29 is 14.3 Å². The number of nitriles is 1. The van der Waals surface area contributed by atoms with Gasteiger partial charge < -0.3 is 9.47 Å². The molecule has 3 aromatic heterocycles. The molecule has 0 spiro atoms. The Kier molecular flexibility index (Phi) is 5.13. The molecule has 3 heterocycles. The first-order chi connectivity index (χ1) is 14.8. The highest BCUT2D eigenvalue weighted by molar-refractivity contribution is 5.88. The van der Waals surface area contributed by atoms with Gasteiger partial charge in [-0.15, -0.1) is 0 Å². The molecule has 156 valence electrons. The monoisotopic (exact) mass is 416 g/mol. The number of hydrogen-bond donors (Lipinski definition) is 0. The fraction of sp³-hybridized carbons (Fsp3) is 0.227. The normalized spacial score (nSPS) is 11.3. The largest absolute Gasteiger partial charge is 0.473 e. The highest BCUT2D eigenvalue weighted by Crippen LogP contribution is 2.21. The van der Waals surface area contributed by atoms with Crippen molar-refractivity contribution in [2.75, 3.05) is 0 Å². The molecule has 0 saturated heterocycles. The number of ether oxygens (including phenoxy) is 2. The second kappa shape index (κ2) is 7.91. The van der Waals surface area contributed by atoms with Crippen molar-refractivity contribution in [3.8, 4) is 17.8 Å². The minimum Gasteiger partial charge on any atom is -0.473 e. The van der Waals surface area contributed by atoms with E-state index in [1.165, 1.54) is 9.36 Å². The molecule has 9 nitrogen and oxygen atoms in total. The van der Waals surface area contributed by atoms with Crippen LogP contribution in [0.25, 0.3) is 16.7 Å². The predicted octanol–water partition coefficient (Wildman–Crippen LogP) is 3.85. The Balaban J connectivity index is 1.52. The zero-order chi connectivity index (χ0) is 22.0. The van der Waals surface area contributed by atoms with Gasteiger partial charge in [0.1, 0.15) is 12.2 Å². The fourth-order valence-electron chi connectivity index (χ4n) is 2.96. The first-order valence-electron chi connectivity index (χ1n) is 9.57. The molecular weight excluding hydrogens is 396 g/mol. The zero-order valence-corrected chi connectivity index (χ0v) is 17.3. The first kappa shape index (κ1) is 20.1. The molecule has 1 aromatic carbocycles. The van der Waals surface area contributed by atoms with Gasteiger partial charge >= 0.3 is 6.09 Å². The minimum atomic E-state index is -0.603. The van der Waals surface area contributed by atoms with Crippen LogP contribution in [0.4, 0.5) is 4.79 Å². The van der Waals surface area contributed by atoms with Gasteiger partial charge in [0, 0.05) is 23.7 Å². The predicted molar refractivity (Wildman–Crippen MR) is 112 cm³/mol. The highest BCUT2D eigenvalue weighted by atomic mass is 16.6. The number of carbonyl (C=O) groups is 1. The average Bonchev–Trinajstić information content (AvgIpc) is 3.37. The average molecular weight is 416 g/mol. The molecule has 4 rings (SSSR count). The Labute approximate surface area is 178 Å². The molecule has 0 radical (unpaired) electrons. The molecule has 0 N–H and O–H groups in total. The van der Waals surface area contributed by atoms with E-state index in [-0.39, 0.29) is 6.61 Å². The third-order valence-electron chi connectivity index (χ3n) is 4.29. The number of nitrogens with zero attached hydrogens (tertiary/aromatic N) is 6. The molecule has 0 aliphatic rings. The van der Waals surface area contributed by atoms with E-state index in [4.69, 9.17) is 14.7 Å². The van der Waals surface area contributed by atoms with Crippen LogP contribution >= 0.6 is 0 Å². The van der Waals surface area contributed by atoms with Crippen molar-refractivity contribution in [1.82, 2.24) is 24.5 Å². The van der Waals surface area contributed by atoms with Crippen molar-refractivity contribution in [1.29, 1.82) is 5.26 Å². The quantitative estimate of drug-likeness (QED) is 0.497. The summed E-state index contributed by atoms with van der Waals surface area (Å²) in [5, 5.41) is 18.3. The van der Waals surface area contributed by atoms with E-state index in [1.807, 2.05) is 32.9 Å². The summed E-state index contributed by atoms with van der Waals surface area (Å²) in [6.07, 6.45) is 4.24. The van der Waals surface area contributed by atoms with Crippen LogP contribution in [0.3, 0.4) is 0 Å². The molecule has 4 aromatic rings. The SMILES string of the molecule is CC(C)(C)OC(=O)n1ncc2cc(COc3ccnn3-c3cc(C#N)ccn3)ccc21. The van der Waals surface area contributed by atoms with E-state index in [2.05, 4.69) is 21.3 Å². The fourth-order valence-corrected chi connectivity index (χ4v) is 2.96. The van der Waals surface area contributed by atoms with E-state index >= 15 is 0 Å². The number of pyridine rings is 1. The van der Waals surface area contributed by atoms with Crippen LogP contribution in [0.2, 0.25) is 0 Å². The number of rotatable bonds is 4. The van der Waals surface area contributed by atoms with Crippen LogP contribution < -0.4 is 4.74 Å². The highest BCUT2D eigenvalue weighted by Gasteiger charge is 2.20. The molecule has 0 aliphatic heterocycles. The molecule has 0 aliphatic carbocycles. The third-order valence-corrected chi connectivity index (χ3v) is 4.29. The lowest BCUT2D eigenvalue weighted by Crippen LogP contribution is -2.27. The van der Waals surface area contributed by atoms with Crippen molar-refractivity contribution in [3.05, 3.63) is 66.1 Å². The molecule has 9 heteroatoms. The Morgan fingerprint density at radius 3 is 2.74 bits per heavy atom. The second-order valence-electron chi connectivity index (χ2n) is 7.81. The van der Waals surface area contributed by atoms with Gasteiger partial charge in [-0.3, -0.25) is 0 Å². The standard InChI is InChI=1S/C22H20N6O3/c1-22(2,3)31-21(29)27-18-5-4-16(10-17(18)13-26-27)14-30-20-7-9-25-28(20)19-11-15(12-23)6-8-24-19/h4-11,13H,14H2,1-3H3. The topological polar surface area (TPSA) is 108 Å². The molecular formula is C22H20N6O3. The molecule has 0 amide bonds. The summed E-state index contributed by atoms with van der Waals surface area (Å²) in [6.45, 7) is 5.70. The minimum absolute atomic E-state index is 0.275. The summed E-state index contributed by atoms with van der Waals surface area (Å²) in [5.41, 5.74) is 1.43. The number of fused-ring (bicyclic) bond motifs is 1. The van der Waals surface area contributed by atoms with Crippen LogP contribution in [0.5, 0.6) is 5.88 Å². The Bertz CT molecular complexity index is 1290. The van der Waals surface area contributed by atoms with Gasteiger partial charge in [0.15, 0.2) is 5.82 Å². The summed E-state index contributed by atoms with van der Waals surface area (Å²) >= 11 is 0. The number of benzene rings is 1. The Hall–Kier alpha value is -4.19. The lowest BCUT2D eigenvalue weighted by molar-refractivity contribution is 0.0522. The first-order valence-corrected chi connectivity index (χ1v) is 9.57. The van der Waals surface area contributed by atoms with Crippen molar-refractivity contribution in [2.24, 2.45) is 0 Å². The Morgan fingerprint density at radius 2 is 1.97 bits per heavy atom. The van der Waals surface area contributed by atoms with E-state index in [9.17, 15) is 4.79 Å². The van der Waals surface area contributed by atoms with Crippen LogP contribution in [0, 0.1) is 11.3 Å². The maximum Gasteiger partial charge on any atom is 0.435 e. The maximum absolute atomic E-state index is 12.3. The molecule has 31 heavy (non-hydrogen) atoms. The Morgan fingerprint density at radius 1 is 1.13 bits per heavy atom. The van der Waals surface area contributed by atoms with Crippen molar-refractivity contribution in [2.45, 2.75) is 33.0 Å². The molecule has 0 bridgehead atoms. The van der Waals surface area contributed by atoms with E-state index in [0.29, 0.717) is 22.8 Å². The van der Waals surface area contributed by atoms with Crippen molar-refractivity contribution >= 4 is 17.0 Å². The van der Waals surface area contributed by atoms with Crippen LogP contribution in [0.15, 0.2) is 55.0 Å². The van der Waals surface area contributed by atoms with Gasteiger partial charge in [-0.05, 0) is 44.5 Å². The number of carbonyl (C=O) groups excluding carboxylic acids is 1. The maximum atomic E-state index is 12.3. The van der Waals surface area contributed by atoms with Crippen LogP contribution in [0.1, 0.15) is 31.9 Å². The molecule has 0 atom stereocenters. The third kappa shape index (κ3) is 4.38. The summed E-state index contributed by atoms with van der Waals surface area (Å²) in [4.78, 5) is 16.6. The summed E-state index contributed by atoms with van der Waals surface area (Å²) in [5.74, 6) is 0.986. The summed E-state index contributed by atoms with van der Waals surface area (Å²) < 4.78 is 14.1. The summed E-state index contributed by atoms with van der Waals surface area (Å²) in [6, 6.07) is 12.6. The number of hydrogen-bond acceptors (Lipinski definition) is 7. The molecule has 0 fully saturated rings. The molecule has 0 saturated carbocycles. The van der Waals surface area contributed by atoms with Gasteiger partial charge in [0.25, 0.3) is 0 Å². The lowest BCUT2D eigenvalue weighted by Gasteiger charge is -2.19. The zero-order valence-electron chi connectivity index (χ0n) is 17.3. The smallest absolute Gasteiger partial charge is 0.435 e. The summed E-state index contributed by atoms with van der Waals surface area (Å²) in [7, 11) is 0. The lowest BCUT2D eigenvalue weighted by atomic mass is 10.2. The van der Waals surface area contributed by atoms with E-state index in [0.717, 1.165) is 10.9 Å². The number of aromatic nitrogens is 5. The van der Waals surface area contributed by atoms with Crippen LogP contribution in [-0.4, -0.2) is 36.2 Å². The van der Waals surface area contributed by atoms with Crippen LogP contribution in [-0.2, 0) is 11.3 Å². The van der Waals surface area contributed by atoms with Gasteiger partial charge in [-0.2, -0.15) is 24.8 Å².